The predicted molar refractivity (Wildman–Crippen MR) is 82.2 cm³/mol. The smallest absolute Gasteiger partial charge is 0.00164 e. The van der Waals surface area contributed by atoms with Gasteiger partial charge in [0.25, 0.3) is 0 Å². The van der Waals surface area contributed by atoms with E-state index in [2.05, 4.69) is 32.7 Å². The summed E-state index contributed by atoms with van der Waals surface area (Å²) in [6.45, 7) is 10.1. The molecule has 110 valence electrons. The van der Waals surface area contributed by atoms with Crippen molar-refractivity contribution in [3.05, 3.63) is 0 Å². The predicted octanol–water partition coefficient (Wildman–Crippen LogP) is 4.57. The molecule has 3 fully saturated rings. The molecule has 0 aromatic rings. The van der Waals surface area contributed by atoms with E-state index in [9.17, 15) is 0 Å². The van der Waals surface area contributed by atoms with Crippen LogP contribution < -0.4 is 0 Å². The average molecular weight is 263 g/mol. The minimum absolute atomic E-state index is 0.528. The van der Waals surface area contributed by atoms with Gasteiger partial charge in [0.05, 0.1) is 0 Å². The summed E-state index contributed by atoms with van der Waals surface area (Å²) in [7, 11) is 2.30. The van der Waals surface area contributed by atoms with E-state index in [1.54, 1.807) is 12.8 Å². The maximum absolute atomic E-state index is 2.54. The molecule has 2 aliphatic carbocycles. The lowest BCUT2D eigenvalue weighted by Gasteiger charge is -2.48. The summed E-state index contributed by atoms with van der Waals surface area (Å²) in [5, 5.41) is 0. The normalized spacial score (nSPS) is 39.5. The lowest BCUT2D eigenvalue weighted by atomic mass is 9.59. The minimum atomic E-state index is 0.528. The van der Waals surface area contributed by atoms with Crippen molar-refractivity contribution in [3.8, 4) is 0 Å². The molecule has 0 aromatic carbocycles. The Kier molecular flexibility index (Phi) is 3.48. The maximum atomic E-state index is 2.54. The monoisotopic (exact) mass is 263 g/mol. The fourth-order valence-corrected chi connectivity index (χ4v) is 5.46. The number of likely N-dealkylation sites (tertiary alicyclic amines) is 1. The number of hydrogen-bond acceptors (Lipinski definition) is 1. The van der Waals surface area contributed by atoms with Gasteiger partial charge in [-0.25, -0.2) is 0 Å². The molecular formula is C18H33N. The highest BCUT2D eigenvalue weighted by Crippen LogP contribution is 2.60. The van der Waals surface area contributed by atoms with Crippen LogP contribution in [0.25, 0.3) is 0 Å². The third-order valence-corrected chi connectivity index (χ3v) is 7.00. The summed E-state index contributed by atoms with van der Waals surface area (Å²) in [6.07, 6.45) is 10.6. The zero-order chi connectivity index (χ0) is 13.7. The van der Waals surface area contributed by atoms with Crippen molar-refractivity contribution < 1.29 is 0 Å². The van der Waals surface area contributed by atoms with E-state index >= 15 is 0 Å². The number of rotatable bonds is 0. The topological polar surface area (TPSA) is 3.24 Å². The van der Waals surface area contributed by atoms with E-state index in [4.69, 9.17) is 0 Å². The first-order valence-electron chi connectivity index (χ1n) is 8.59. The molecule has 1 saturated heterocycles. The second kappa shape index (κ2) is 4.76. The molecule has 1 spiro atoms. The van der Waals surface area contributed by atoms with Crippen molar-refractivity contribution in [1.29, 1.82) is 0 Å². The Labute approximate surface area is 120 Å². The highest BCUT2D eigenvalue weighted by Gasteiger charge is 2.51. The molecule has 0 radical (unpaired) electrons. The van der Waals surface area contributed by atoms with Crippen LogP contribution in [-0.2, 0) is 0 Å². The summed E-state index contributed by atoms with van der Waals surface area (Å²) < 4.78 is 0. The first-order chi connectivity index (χ1) is 8.91. The quantitative estimate of drug-likeness (QED) is 0.619. The van der Waals surface area contributed by atoms with Gasteiger partial charge in [0.1, 0.15) is 0 Å². The maximum Gasteiger partial charge on any atom is -0.00164 e. The van der Waals surface area contributed by atoms with Crippen LogP contribution in [-0.4, -0.2) is 25.0 Å². The Morgan fingerprint density at radius 1 is 0.947 bits per heavy atom. The zero-order valence-electron chi connectivity index (χ0n) is 13.5. The number of hydrogen-bond donors (Lipinski definition) is 0. The second-order valence-electron chi connectivity index (χ2n) is 8.95. The number of fused-ring (bicyclic) bond motifs is 2. The Hall–Kier alpha value is -0.0400. The molecule has 3 atom stereocenters. The van der Waals surface area contributed by atoms with Crippen molar-refractivity contribution >= 4 is 0 Å². The SMILES string of the molecule is CN1CCC2(CCC3CCC(C(C)(C)C)CC32)CC1. The van der Waals surface area contributed by atoms with E-state index in [1.165, 1.54) is 45.2 Å². The molecule has 3 unspecified atom stereocenters. The van der Waals surface area contributed by atoms with Crippen LogP contribution in [0.1, 0.15) is 65.7 Å². The molecule has 0 amide bonds. The first kappa shape index (κ1) is 13.9. The van der Waals surface area contributed by atoms with Gasteiger partial charge in [0, 0.05) is 0 Å². The van der Waals surface area contributed by atoms with Gasteiger partial charge in [0.2, 0.25) is 0 Å². The third kappa shape index (κ3) is 2.48. The fourth-order valence-electron chi connectivity index (χ4n) is 5.46. The third-order valence-electron chi connectivity index (χ3n) is 7.00. The Bertz CT molecular complexity index is 319. The van der Waals surface area contributed by atoms with E-state index in [-0.39, 0.29) is 0 Å². The molecule has 0 N–H and O–H groups in total. The zero-order valence-corrected chi connectivity index (χ0v) is 13.5. The molecule has 1 heterocycles. The molecule has 1 aliphatic heterocycles. The number of piperidine rings is 1. The molecule has 19 heavy (non-hydrogen) atoms. The van der Waals surface area contributed by atoms with Crippen LogP contribution in [0, 0.1) is 28.6 Å². The fraction of sp³-hybridized carbons (Fsp3) is 1.00. The van der Waals surface area contributed by atoms with Gasteiger partial charge in [-0.1, -0.05) is 20.8 Å². The Balaban J connectivity index is 1.75. The van der Waals surface area contributed by atoms with Crippen molar-refractivity contribution in [2.24, 2.45) is 28.6 Å². The van der Waals surface area contributed by atoms with Crippen molar-refractivity contribution in [1.82, 2.24) is 4.90 Å². The van der Waals surface area contributed by atoms with Crippen molar-refractivity contribution in [3.63, 3.8) is 0 Å². The molecule has 3 aliphatic rings. The molecule has 2 saturated carbocycles. The molecule has 1 nitrogen and oxygen atoms in total. The molecular weight excluding hydrogens is 230 g/mol. The molecule has 0 aromatic heterocycles. The summed E-state index contributed by atoms with van der Waals surface area (Å²) in [6, 6.07) is 0. The summed E-state index contributed by atoms with van der Waals surface area (Å²) >= 11 is 0. The second-order valence-corrected chi connectivity index (χ2v) is 8.95. The van der Waals surface area contributed by atoms with E-state index in [1.807, 2.05) is 0 Å². The highest BCUT2D eigenvalue weighted by atomic mass is 15.1. The van der Waals surface area contributed by atoms with Crippen LogP contribution >= 0.6 is 0 Å². The van der Waals surface area contributed by atoms with Crippen molar-refractivity contribution in [2.75, 3.05) is 20.1 Å². The largest absolute Gasteiger partial charge is 0.306 e. The van der Waals surface area contributed by atoms with Gasteiger partial charge >= 0.3 is 0 Å². The summed E-state index contributed by atoms with van der Waals surface area (Å²) in [5.74, 6) is 3.13. The first-order valence-corrected chi connectivity index (χ1v) is 8.59. The van der Waals surface area contributed by atoms with Crippen molar-refractivity contribution in [2.45, 2.75) is 65.7 Å². The average Bonchev–Trinajstić information content (AvgIpc) is 2.71. The van der Waals surface area contributed by atoms with Gasteiger partial charge in [-0.05, 0) is 93.7 Å². The minimum Gasteiger partial charge on any atom is -0.306 e. The van der Waals surface area contributed by atoms with E-state index in [0.717, 1.165) is 23.2 Å². The van der Waals surface area contributed by atoms with Crippen LogP contribution in [0.4, 0.5) is 0 Å². The van der Waals surface area contributed by atoms with Gasteiger partial charge in [-0.2, -0.15) is 0 Å². The van der Waals surface area contributed by atoms with Gasteiger partial charge in [0.15, 0.2) is 0 Å². The van der Waals surface area contributed by atoms with Gasteiger partial charge in [-0.3, -0.25) is 0 Å². The Morgan fingerprint density at radius 3 is 2.26 bits per heavy atom. The Morgan fingerprint density at radius 2 is 1.63 bits per heavy atom. The van der Waals surface area contributed by atoms with Gasteiger partial charge < -0.3 is 4.90 Å². The van der Waals surface area contributed by atoms with E-state index in [0.29, 0.717) is 5.41 Å². The van der Waals surface area contributed by atoms with Crippen LogP contribution in [0.15, 0.2) is 0 Å². The summed E-state index contributed by atoms with van der Waals surface area (Å²) in [5.41, 5.74) is 1.28. The standard InChI is InChI=1S/C18H33N/c1-17(2,3)15-6-5-14-7-8-18(16(14)13-15)9-11-19(4)12-10-18/h14-16H,5-13H2,1-4H3. The summed E-state index contributed by atoms with van der Waals surface area (Å²) in [4.78, 5) is 2.54. The lowest BCUT2D eigenvalue weighted by molar-refractivity contribution is 0.0142. The van der Waals surface area contributed by atoms with Crippen LogP contribution in [0.2, 0.25) is 0 Å². The lowest BCUT2D eigenvalue weighted by Crippen LogP contribution is -2.43. The van der Waals surface area contributed by atoms with E-state index < -0.39 is 0 Å². The molecule has 0 bridgehead atoms. The molecule has 3 rings (SSSR count). The number of nitrogens with zero attached hydrogens (tertiary/aromatic N) is 1. The van der Waals surface area contributed by atoms with Crippen LogP contribution in [0.5, 0.6) is 0 Å². The highest BCUT2D eigenvalue weighted by molar-refractivity contribution is 5.02. The van der Waals surface area contributed by atoms with Gasteiger partial charge in [-0.15, -0.1) is 0 Å². The van der Waals surface area contributed by atoms with Crippen LogP contribution in [0.3, 0.4) is 0 Å². The molecule has 1 heteroatoms.